The van der Waals surface area contributed by atoms with Crippen LogP contribution in [0.1, 0.15) is 30.9 Å². The summed E-state index contributed by atoms with van der Waals surface area (Å²) in [7, 11) is 0. The molecule has 2 N–H and O–H groups in total. The molecule has 0 fully saturated rings. The Labute approximate surface area is 159 Å². The van der Waals surface area contributed by atoms with Crippen LogP contribution in [0, 0.1) is 5.82 Å². The summed E-state index contributed by atoms with van der Waals surface area (Å²) < 4.78 is 52.9. The second kappa shape index (κ2) is 7.84. The number of halogens is 4. The molecule has 146 valence electrons. The quantitative estimate of drug-likeness (QED) is 0.506. The fourth-order valence-electron chi connectivity index (χ4n) is 2.50. The first kappa shape index (κ1) is 19.6. The molecule has 0 amide bonds. The van der Waals surface area contributed by atoms with Crippen LogP contribution in [0.4, 0.5) is 40.7 Å². The molecule has 0 unspecified atom stereocenters. The van der Waals surface area contributed by atoms with Gasteiger partial charge < -0.3 is 10.6 Å². The van der Waals surface area contributed by atoms with Crippen molar-refractivity contribution in [3.8, 4) is 0 Å². The van der Waals surface area contributed by atoms with Gasteiger partial charge in [-0.1, -0.05) is 26.0 Å². The molecule has 0 aliphatic heterocycles. The largest absolute Gasteiger partial charge is 0.421 e. The number of alkyl halides is 3. The number of rotatable bonds is 5. The van der Waals surface area contributed by atoms with Gasteiger partial charge in [0.05, 0.1) is 0 Å². The van der Waals surface area contributed by atoms with E-state index < -0.39 is 23.4 Å². The SMILES string of the molecule is CC(C)c1ccc(Nc2ncc(C(F)(F)F)c(Nc3ccc(F)cc3)n2)cc1. The summed E-state index contributed by atoms with van der Waals surface area (Å²) in [6.07, 6.45) is -3.93. The van der Waals surface area contributed by atoms with Crippen molar-refractivity contribution in [1.82, 2.24) is 9.97 Å². The van der Waals surface area contributed by atoms with Gasteiger partial charge in [0, 0.05) is 17.6 Å². The summed E-state index contributed by atoms with van der Waals surface area (Å²) >= 11 is 0. The summed E-state index contributed by atoms with van der Waals surface area (Å²) in [5, 5.41) is 5.47. The molecule has 3 aromatic rings. The summed E-state index contributed by atoms with van der Waals surface area (Å²) in [4.78, 5) is 7.73. The third-order valence-electron chi connectivity index (χ3n) is 4.03. The van der Waals surface area contributed by atoms with Crippen LogP contribution in [-0.2, 0) is 6.18 Å². The fourth-order valence-corrected chi connectivity index (χ4v) is 2.50. The number of hydrogen-bond acceptors (Lipinski definition) is 4. The lowest BCUT2D eigenvalue weighted by Crippen LogP contribution is -2.12. The van der Waals surface area contributed by atoms with Crippen molar-refractivity contribution in [2.75, 3.05) is 10.6 Å². The van der Waals surface area contributed by atoms with E-state index in [2.05, 4.69) is 34.4 Å². The average molecular weight is 390 g/mol. The van der Waals surface area contributed by atoms with Crippen molar-refractivity contribution in [3.63, 3.8) is 0 Å². The molecule has 0 aliphatic rings. The molecule has 4 nitrogen and oxygen atoms in total. The monoisotopic (exact) mass is 390 g/mol. The maximum absolute atomic E-state index is 13.3. The molecular weight excluding hydrogens is 372 g/mol. The summed E-state index contributed by atoms with van der Waals surface area (Å²) in [6, 6.07) is 12.4. The molecule has 0 radical (unpaired) electrons. The van der Waals surface area contributed by atoms with E-state index in [9.17, 15) is 17.6 Å². The van der Waals surface area contributed by atoms with Crippen LogP contribution in [0.25, 0.3) is 0 Å². The van der Waals surface area contributed by atoms with Gasteiger partial charge in [-0.2, -0.15) is 18.2 Å². The van der Waals surface area contributed by atoms with E-state index in [1.54, 1.807) is 0 Å². The summed E-state index contributed by atoms with van der Waals surface area (Å²) in [5.74, 6) is -0.537. The van der Waals surface area contributed by atoms with Crippen LogP contribution < -0.4 is 10.6 Å². The van der Waals surface area contributed by atoms with Crippen LogP contribution in [0.5, 0.6) is 0 Å². The maximum atomic E-state index is 13.3. The average Bonchev–Trinajstić information content (AvgIpc) is 2.63. The normalized spacial score (nSPS) is 11.5. The molecule has 3 rings (SSSR count). The van der Waals surface area contributed by atoms with Crippen molar-refractivity contribution in [2.24, 2.45) is 0 Å². The number of aromatic nitrogens is 2. The van der Waals surface area contributed by atoms with Gasteiger partial charge in [0.25, 0.3) is 0 Å². The molecule has 0 aliphatic carbocycles. The number of hydrogen-bond donors (Lipinski definition) is 2. The smallest absolute Gasteiger partial charge is 0.340 e. The highest BCUT2D eigenvalue weighted by Crippen LogP contribution is 2.35. The van der Waals surface area contributed by atoms with Gasteiger partial charge in [0.1, 0.15) is 17.2 Å². The Morgan fingerprint density at radius 2 is 1.43 bits per heavy atom. The standard InChI is InChI=1S/C20H18F4N4/c1-12(2)13-3-7-16(8-4-13)27-19-25-11-17(20(22,23)24)18(28-19)26-15-9-5-14(21)6-10-15/h3-12H,1-2H3,(H2,25,26,27,28). The van der Waals surface area contributed by atoms with Crippen molar-refractivity contribution in [2.45, 2.75) is 25.9 Å². The van der Waals surface area contributed by atoms with Crippen molar-refractivity contribution in [3.05, 3.63) is 71.7 Å². The first-order valence-electron chi connectivity index (χ1n) is 8.56. The Bertz CT molecular complexity index is 936. The highest BCUT2D eigenvalue weighted by molar-refractivity contribution is 5.63. The van der Waals surface area contributed by atoms with E-state index in [0.717, 1.165) is 17.7 Å². The van der Waals surface area contributed by atoms with E-state index >= 15 is 0 Å². The zero-order valence-corrected chi connectivity index (χ0v) is 15.2. The first-order valence-corrected chi connectivity index (χ1v) is 8.56. The molecule has 28 heavy (non-hydrogen) atoms. The molecule has 0 saturated heterocycles. The maximum Gasteiger partial charge on any atom is 0.421 e. The van der Waals surface area contributed by atoms with Crippen molar-refractivity contribution in [1.29, 1.82) is 0 Å². The molecule has 0 spiro atoms. The van der Waals surface area contributed by atoms with Crippen LogP contribution in [-0.4, -0.2) is 9.97 Å². The topological polar surface area (TPSA) is 49.8 Å². The number of nitrogens with zero attached hydrogens (tertiary/aromatic N) is 2. The highest BCUT2D eigenvalue weighted by atomic mass is 19.4. The van der Waals surface area contributed by atoms with E-state index in [1.165, 1.54) is 12.1 Å². The lowest BCUT2D eigenvalue weighted by molar-refractivity contribution is -0.137. The second-order valence-electron chi connectivity index (χ2n) is 6.49. The number of anilines is 4. The first-order chi connectivity index (χ1) is 13.2. The Morgan fingerprint density at radius 3 is 2.00 bits per heavy atom. The second-order valence-corrected chi connectivity index (χ2v) is 6.49. The molecular formula is C20H18F4N4. The zero-order chi connectivity index (χ0) is 20.3. The molecule has 1 heterocycles. The predicted octanol–water partition coefficient (Wildman–Crippen LogP) is 6.25. The van der Waals surface area contributed by atoms with Crippen LogP contribution in [0.3, 0.4) is 0 Å². The minimum atomic E-state index is -4.64. The van der Waals surface area contributed by atoms with Gasteiger partial charge >= 0.3 is 6.18 Å². The molecule has 8 heteroatoms. The Kier molecular flexibility index (Phi) is 5.48. The van der Waals surface area contributed by atoms with Gasteiger partial charge in [-0.25, -0.2) is 9.37 Å². The Balaban J connectivity index is 1.89. The highest BCUT2D eigenvalue weighted by Gasteiger charge is 2.35. The molecule has 2 aromatic carbocycles. The zero-order valence-electron chi connectivity index (χ0n) is 15.2. The number of benzene rings is 2. The minimum absolute atomic E-state index is 0.00917. The summed E-state index contributed by atoms with van der Waals surface area (Å²) in [6.45, 7) is 4.13. The number of nitrogens with one attached hydrogen (secondary N) is 2. The van der Waals surface area contributed by atoms with E-state index in [1.807, 2.05) is 24.3 Å². The van der Waals surface area contributed by atoms with Crippen molar-refractivity contribution < 1.29 is 17.6 Å². The fraction of sp³-hybridized carbons (Fsp3) is 0.200. The van der Waals surface area contributed by atoms with Gasteiger partial charge in [-0.3, -0.25) is 0 Å². The van der Waals surface area contributed by atoms with Crippen LogP contribution >= 0.6 is 0 Å². The lowest BCUT2D eigenvalue weighted by Gasteiger charge is -2.15. The Hall–Kier alpha value is -3.16. The van der Waals surface area contributed by atoms with Crippen LogP contribution in [0.15, 0.2) is 54.7 Å². The van der Waals surface area contributed by atoms with E-state index in [-0.39, 0.29) is 11.6 Å². The third-order valence-corrected chi connectivity index (χ3v) is 4.03. The summed E-state index contributed by atoms with van der Waals surface area (Å²) in [5.41, 5.74) is 1.05. The molecule has 0 saturated carbocycles. The van der Waals surface area contributed by atoms with Crippen molar-refractivity contribution >= 4 is 23.1 Å². The van der Waals surface area contributed by atoms with Gasteiger partial charge in [-0.05, 0) is 47.9 Å². The van der Waals surface area contributed by atoms with Gasteiger partial charge in [-0.15, -0.1) is 0 Å². The Morgan fingerprint density at radius 1 is 0.857 bits per heavy atom. The molecule has 0 bridgehead atoms. The molecule has 0 atom stereocenters. The van der Waals surface area contributed by atoms with E-state index in [4.69, 9.17) is 0 Å². The van der Waals surface area contributed by atoms with E-state index in [0.29, 0.717) is 17.8 Å². The molecule has 1 aromatic heterocycles. The van der Waals surface area contributed by atoms with Gasteiger partial charge in [0.2, 0.25) is 5.95 Å². The van der Waals surface area contributed by atoms with Gasteiger partial charge in [0.15, 0.2) is 0 Å². The minimum Gasteiger partial charge on any atom is -0.340 e. The van der Waals surface area contributed by atoms with Crippen LogP contribution in [0.2, 0.25) is 0 Å². The predicted molar refractivity (Wildman–Crippen MR) is 101 cm³/mol. The lowest BCUT2D eigenvalue weighted by atomic mass is 10.0. The third kappa shape index (κ3) is 4.76.